The van der Waals surface area contributed by atoms with Crippen molar-refractivity contribution in [2.45, 2.75) is 19.9 Å². The molecule has 0 spiro atoms. The number of carbonyl (C=O) groups excluding carboxylic acids is 1. The molecule has 150 valence electrons. The molecule has 3 aromatic rings. The molecular formula is C21H22N4O3S. The predicted octanol–water partition coefficient (Wildman–Crippen LogP) is 3.06. The SMILES string of the molecule is COC(=O)c1c(N=Cc2c(C)[nH]n(-c3ccccc3)c2=O)sc2c1CCN(C)C2. The molecule has 2 aromatic heterocycles. The first kappa shape index (κ1) is 19.4. The molecule has 0 aliphatic carbocycles. The van der Waals surface area contributed by atoms with E-state index in [1.165, 1.54) is 23.1 Å². The van der Waals surface area contributed by atoms with Crippen LogP contribution in [0.4, 0.5) is 5.00 Å². The van der Waals surface area contributed by atoms with E-state index < -0.39 is 0 Å². The van der Waals surface area contributed by atoms with Gasteiger partial charge in [0.1, 0.15) is 5.00 Å². The van der Waals surface area contributed by atoms with Crippen LogP contribution < -0.4 is 5.56 Å². The summed E-state index contributed by atoms with van der Waals surface area (Å²) >= 11 is 1.48. The topological polar surface area (TPSA) is 79.7 Å². The van der Waals surface area contributed by atoms with E-state index in [1.54, 1.807) is 6.21 Å². The quantitative estimate of drug-likeness (QED) is 0.530. The third-order valence-corrected chi connectivity index (χ3v) is 6.19. The molecule has 0 atom stereocenters. The number of esters is 1. The summed E-state index contributed by atoms with van der Waals surface area (Å²) in [6.07, 6.45) is 2.33. The van der Waals surface area contributed by atoms with Crippen LogP contribution in [0.15, 0.2) is 40.1 Å². The third kappa shape index (κ3) is 3.56. The van der Waals surface area contributed by atoms with Crippen molar-refractivity contribution in [2.75, 3.05) is 20.7 Å². The second-order valence-corrected chi connectivity index (χ2v) is 8.13. The van der Waals surface area contributed by atoms with Crippen LogP contribution >= 0.6 is 11.3 Å². The van der Waals surface area contributed by atoms with Crippen LogP contribution in [0.5, 0.6) is 0 Å². The van der Waals surface area contributed by atoms with Crippen LogP contribution in [0.2, 0.25) is 0 Å². The Hall–Kier alpha value is -2.97. The zero-order valence-electron chi connectivity index (χ0n) is 16.6. The van der Waals surface area contributed by atoms with Crippen LogP contribution in [-0.2, 0) is 17.7 Å². The fourth-order valence-corrected chi connectivity index (χ4v) is 4.77. The summed E-state index contributed by atoms with van der Waals surface area (Å²) in [7, 11) is 3.43. The van der Waals surface area contributed by atoms with E-state index >= 15 is 0 Å². The lowest BCUT2D eigenvalue weighted by Gasteiger charge is -2.22. The van der Waals surface area contributed by atoms with E-state index in [0.29, 0.717) is 21.8 Å². The number of hydrogen-bond acceptors (Lipinski definition) is 6. The lowest BCUT2D eigenvalue weighted by Crippen LogP contribution is -2.26. The van der Waals surface area contributed by atoms with E-state index in [1.807, 2.05) is 37.3 Å². The number of nitrogens with zero attached hydrogens (tertiary/aromatic N) is 3. The number of H-pyrrole nitrogens is 1. The number of nitrogens with one attached hydrogen (secondary N) is 1. The maximum atomic E-state index is 12.9. The van der Waals surface area contributed by atoms with Gasteiger partial charge in [-0.15, -0.1) is 11.3 Å². The Morgan fingerprint density at radius 1 is 1.31 bits per heavy atom. The van der Waals surface area contributed by atoms with Crippen molar-refractivity contribution >= 4 is 28.5 Å². The number of aliphatic imine (C=N–C) groups is 1. The van der Waals surface area contributed by atoms with E-state index in [0.717, 1.165) is 35.6 Å². The number of thiophene rings is 1. The third-order valence-electron chi connectivity index (χ3n) is 5.06. The number of benzene rings is 1. The second kappa shape index (κ2) is 7.81. The fourth-order valence-electron chi connectivity index (χ4n) is 3.51. The number of rotatable bonds is 4. The minimum absolute atomic E-state index is 0.182. The summed E-state index contributed by atoms with van der Waals surface area (Å²) in [6, 6.07) is 9.37. The molecule has 1 N–H and O–H groups in total. The minimum atomic E-state index is -0.383. The number of aryl methyl sites for hydroxylation is 1. The normalized spacial score (nSPS) is 14.3. The molecular weight excluding hydrogens is 388 g/mol. The summed E-state index contributed by atoms with van der Waals surface area (Å²) in [5.74, 6) is -0.383. The number of aromatic nitrogens is 2. The number of methoxy groups -OCH3 is 1. The molecule has 4 rings (SSSR count). The van der Waals surface area contributed by atoms with Gasteiger partial charge in [0.15, 0.2) is 0 Å². The molecule has 1 aromatic carbocycles. The van der Waals surface area contributed by atoms with E-state index in [-0.39, 0.29) is 11.5 Å². The minimum Gasteiger partial charge on any atom is -0.465 e. The maximum absolute atomic E-state index is 12.9. The molecule has 0 saturated carbocycles. The van der Waals surface area contributed by atoms with Gasteiger partial charge in [0.25, 0.3) is 5.56 Å². The van der Waals surface area contributed by atoms with Crippen molar-refractivity contribution in [3.8, 4) is 5.69 Å². The standard InChI is InChI=1S/C21H22N4O3S/c1-13-16(20(26)25(23-13)14-7-5-4-6-8-14)11-22-19-18(21(27)28-3)15-9-10-24(2)12-17(15)29-19/h4-8,11,23H,9-10,12H2,1-3H3. The highest BCUT2D eigenvalue weighted by Crippen LogP contribution is 2.39. The van der Waals surface area contributed by atoms with Crippen molar-refractivity contribution in [1.82, 2.24) is 14.7 Å². The molecule has 29 heavy (non-hydrogen) atoms. The molecule has 8 heteroatoms. The zero-order chi connectivity index (χ0) is 20.5. The highest BCUT2D eigenvalue weighted by atomic mass is 32.1. The lowest BCUT2D eigenvalue weighted by atomic mass is 10.0. The zero-order valence-corrected chi connectivity index (χ0v) is 17.4. The number of aromatic amines is 1. The van der Waals surface area contributed by atoms with Gasteiger partial charge in [-0.2, -0.15) is 0 Å². The van der Waals surface area contributed by atoms with Crippen molar-refractivity contribution in [1.29, 1.82) is 0 Å². The number of likely N-dealkylation sites (N-methyl/N-ethyl adjacent to an activating group) is 1. The number of hydrogen-bond donors (Lipinski definition) is 1. The van der Waals surface area contributed by atoms with Crippen LogP contribution in [0, 0.1) is 6.92 Å². The van der Waals surface area contributed by atoms with Crippen LogP contribution in [0.3, 0.4) is 0 Å². The smallest absolute Gasteiger partial charge is 0.341 e. The van der Waals surface area contributed by atoms with Crippen LogP contribution in [-0.4, -0.2) is 47.6 Å². The van der Waals surface area contributed by atoms with Gasteiger partial charge in [-0.05, 0) is 38.1 Å². The van der Waals surface area contributed by atoms with Crippen molar-refractivity contribution < 1.29 is 9.53 Å². The Balaban J connectivity index is 1.75. The first-order valence-corrected chi connectivity index (χ1v) is 10.1. The van der Waals surface area contributed by atoms with E-state index in [2.05, 4.69) is 22.0 Å². The summed E-state index contributed by atoms with van der Waals surface area (Å²) in [6.45, 7) is 3.50. The Kier molecular flexibility index (Phi) is 5.21. The number of ether oxygens (including phenoxy) is 1. The summed E-state index contributed by atoms with van der Waals surface area (Å²) in [4.78, 5) is 33.2. The molecule has 1 aliphatic rings. The van der Waals surface area contributed by atoms with Gasteiger partial charge in [-0.3, -0.25) is 9.89 Å². The molecule has 7 nitrogen and oxygen atoms in total. The molecule has 1 aliphatic heterocycles. The number of fused-ring (bicyclic) bond motifs is 1. The maximum Gasteiger partial charge on any atom is 0.341 e. The van der Waals surface area contributed by atoms with Gasteiger partial charge in [-0.25, -0.2) is 14.5 Å². The Morgan fingerprint density at radius 2 is 2.07 bits per heavy atom. The molecule has 0 unspecified atom stereocenters. The van der Waals surface area contributed by atoms with Gasteiger partial charge < -0.3 is 9.64 Å². The molecule has 0 saturated heterocycles. The second-order valence-electron chi connectivity index (χ2n) is 7.05. The Labute approximate surface area is 172 Å². The van der Waals surface area contributed by atoms with E-state index in [9.17, 15) is 9.59 Å². The molecule has 0 bridgehead atoms. The summed E-state index contributed by atoms with van der Waals surface area (Å²) in [5, 5.41) is 3.67. The molecule has 0 amide bonds. The van der Waals surface area contributed by atoms with E-state index in [4.69, 9.17) is 4.74 Å². The van der Waals surface area contributed by atoms with Crippen molar-refractivity contribution in [2.24, 2.45) is 4.99 Å². The largest absolute Gasteiger partial charge is 0.465 e. The summed E-state index contributed by atoms with van der Waals surface area (Å²) in [5.41, 5.74) is 3.28. The molecule has 0 radical (unpaired) electrons. The van der Waals surface area contributed by atoms with Gasteiger partial charge in [0.05, 0.1) is 23.9 Å². The monoisotopic (exact) mass is 410 g/mol. The molecule has 0 fully saturated rings. The van der Waals surface area contributed by atoms with Crippen molar-refractivity contribution in [3.05, 3.63) is 67.9 Å². The lowest BCUT2D eigenvalue weighted by molar-refractivity contribution is 0.0600. The van der Waals surface area contributed by atoms with Crippen LogP contribution in [0.25, 0.3) is 5.69 Å². The van der Waals surface area contributed by atoms with Crippen molar-refractivity contribution in [3.63, 3.8) is 0 Å². The highest BCUT2D eigenvalue weighted by molar-refractivity contribution is 7.16. The predicted molar refractivity (Wildman–Crippen MR) is 114 cm³/mol. The first-order valence-electron chi connectivity index (χ1n) is 9.32. The van der Waals surface area contributed by atoms with Gasteiger partial charge in [-0.1, -0.05) is 18.2 Å². The van der Waals surface area contributed by atoms with Gasteiger partial charge >= 0.3 is 5.97 Å². The first-order chi connectivity index (χ1) is 14.0. The summed E-state index contributed by atoms with van der Waals surface area (Å²) < 4.78 is 6.49. The Morgan fingerprint density at radius 3 is 2.79 bits per heavy atom. The van der Waals surface area contributed by atoms with Crippen LogP contribution in [0.1, 0.15) is 32.1 Å². The highest BCUT2D eigenvalue weighted by Gasteiger charge is 2.27. The van der Waals surface area contributed by atoms with Gasteiger partial charge in [0, 0.05) is 29.9 Å². The van der Waals surface area contributed by atoms with Gasteiger partial charge in [0.2, 0.25) is 0 Å². The number of carbonyl (C=O) groups is 1. The average molecular weight is 410 g/mol. The fraction of sp³-hybridized carbons (Fsp3) is 0.286. The Bertz CT molecular complexity index is 1140. The number of para-hydroxylation sites is 1. The molecule has 3 heterocycles. The average Bonchev–Trinajstić information content (AvgIpc) is 3.22.